The molecule has 0 bridgehead atoms. The number of aromatic nitrogens is 1. The van der Waals surface area contributed by atoms with E-state index in [9.17, 15) is 10.2 Å². The molecular weight excluding hydrogens is 202 g/mol. The van der Waals surface area contributed by atoms with E-state index in [-0.39, 0.29) is 0 Å². The van der Waals surface area contributed by atoms with Crippen LogP contribution in [0.3, 0.4) is 0 Å². The molecule has 0 amide bonds. The van der Waals surface area contributed by atoms with E-state index in [1.807, 2.05) is 24.3 Å². The van der Waals surface area contributed by atoms with Gasteiger partial charge in [0.1, 0.15) is 12.2 Å². The molecule has 2 N–H and O–H groups in total. The molecule has 3 heteroatoms. The van der Waals surface area contributed by atoms with Crippen LogP contribution in [0.5, 0.6) is 0 Å². The van der Waals surface area contributed by atoms with Crippen molar-refractivity contribution < 1.29 is 10.2 Å². The Bertz CT molecular complexity index is 489. The minimum absolute atomic E-state index is 0.689. The van der Waals surface area contributed by atoms with Crippen LogP contribution in [0.2, 0.25) is 0 Å². The molecular formula is C13H11NO2. The highest BCUT2D eigenvalue weighted by Gasteiger charge is 2.31. The molecule has 3 rings (SSSR count). The van der Waals surface area contributed by atoms with Gasteiger partial charge in [0.15, 0.2) is 0 Å². The Kier molecular flexibility index (Phi) is 2.02. The summed E-state index contributed by atoms with van der Waals surface area (Å²) in [5, 5.41) is 20.0. The van der Waals surface area contributed by atoms with Crippen molar-refractivity contribution >= 4 is 0 Å². The van der Waals surface area contributed by atoms with Gasteiger partial charge in [0, 0.05) is 17.3 Å². The zero-order valence-corrected chi connectivity index (χ0v) is 8.54. The van der Waals surface area contributed by atoms with Gasteiger partial charge in [-0.25, -0.2) is 0 Å². The third kappa shape index (κ3) is 1.19. The lowest BCUT2D eigenvalue weighted by Gasteiger charge is -2.27. The number of rotatable bonds is 0. The topological polar surface area (TPSA) is 53.4 Å². The summed E-state index contributed by atoms with van der Waals surface area (Å²) in [6.07, 6.45) is -0.0634. The molecule has 80 valence electrons. The van der Waals surface area contributed by atoms with Gasteiger partial charge in [-0.1, -0.05) is 30.3 Å². The van der Waals surface area contributed by atoms with Crippen LogP contribution < -0.4 is 0 Å². The Hall–Kier alpha value is -1.71. The number of nitrogens with zero attached hydrogens (tertiary/aromatic N) is 1. The molecule has 3 nitrogen and oxygen atoms in total. The van der Waals surface area contributed by atoms with Crippen molar-refractivity contribution in [3.05, 3.63) is 53.7 Å². The van der Waals surface area contributed by atoms with E-state index in [4.69, 9.17) is 0 Å². The van der Waals surface area contributed by atoms with E-state index in [0.717, 1.165) is 16.8 Å². The number of aliphatic hydroxyl groups is 2. The second-order valence-electron chi connectivity index (χ2n) is 3.92. The van der Waals surface area contributed by atoms with Gasteiger partial charge in [0.25, 0.3) is 0 Å². The van der Waals surface area contributed by atoms with Crippen molar-refractivity contribution in [1.29, 1.82) is 0 Å². The van der Waals surface area contributed by atoms with Crippen molar-refractivity contribution in [3.63, 3.8) is 0 Å². The predicted molar refractivity (Wildman–Crippen MR) is 59.6 cm³/mol. The lowest BCUT2D eigenvalue weighted by atomic mass is 9.85. The number of pyridine rings is 1. The monoisotopic (exact) mass is 213 g/mol. The number of benzene rings is 1. The number of aliphatic hydroxyl groups excluding tert-OH is 2. The summed E-state index contributed by atoms with van der Waals surface area (Å²) in [6.45, 7) is 0. The maximum Gasteiger partial charge on any atom is 0.111 e. The first-order chi connectivity index (χ1) is 7.79. The summed E-state index contributed by atoms with van der Waals surface area (Å²) in [7, 11) is 0. The molecule has 0 unspecified atom stereocenters. The molecule has 16 heavy (non-hydrogen) atoms. The summed E-state index contributed by atoms with van der Waals surface area (Å²) in [5.74, 6) is 0. The Labute approximate surface area is 93.0 Å². The molecule has 0 saturated carbocycles. The second kappa shape index (κ2) is 3.40. The van der Waals surface area contributed by atoms with Gasteiger partial charge in [0.2, 0.25) is 0 Å². The van der Waals surface area contributed by atoms with Crippen molar-refractivity contribution in [3.8, 4) is 11.3 Å². The molecule has 1 aromatic heterocycles. The SMILES string of the molecule is O[C@H]1c2ccccc2-c2ncccc2[C@@H]1O. The molecule has 2 atom stereocenters. The van der Waals surface area contributed by atoms with E-state index >= 15 is 0 Å². The van der Waals surface area contributed by atoms with E-state index in [1.165, 1.54) is 0 Å². The zero-order chi connectivity index (χ0) is 11.1. The van der Waals surface area contributed by atoms with Crippen molar-refractivity contribution in [1.82, 2.24) is 4.98 Å². The number of hydrogen-bond acceptors (Lipinski definition) is 3. The lowest BCUT2D eigenvalue weighted by Crippen LogP contribution is -2.17. The van der Waals surface area contributed by atoms with Crippen molar-refractivity contribution in [2.75, 3.05) is 0 Å². The third-order valence-electron chi connectivity index (χ3n) is 2.99. The quantitative estimate of drug-likeness (QED) is 0.702. The van der Waals surface area contributed by atoms with Crippen LogP contribution >= 0.6 is 0 Å². The summed E-state index contributed by atoms with van der Waals surface area (Å²) >= 11 is 0. The summed E-state index contributed by atoms with van der Waals surface area (Å²) < 4.78 is 0. The maximum atomic E-state index is 10.00. The van der Waals surface area contributed by atoms with Crippen LogP contribution in [-0.2, 0) is 0 Å². The largest absolute Gasteiger partial charge is 0.385 e. The Balaban J connectivity index is 2.33. The van der Waals surface area contributed by atoms with Gasteiger partial charge in [-0.15, -0.1) is 0 Å². The molecule has 0 radical (unpaired) electrons. The molecule has 1 heterocycles. The van der Waals surface area contributed by atoms with Crippen LogP contribution in [0.15, 0.2) is 42.6 Å². The first-order valence-corrected chi connectivity index (χ1v) is 5.19. The van der Waals surface area contributed by atoms with Crippen LogP contribution in [0.4, 0.5) is 0 Å². The fourth-order valence-corrected chi connectivity index (χ4v) is 2.19. The highest BCUT2D eigenvalue weighted by atomic mass is 16.3. The van der Waals surface area contributed by atoms with Gasteiger partial charge < -0.3 is 10.2 Å². The molecule has 1 aliphatic carbocycles. The molecule has 0 saturated heterocycles. The fraction of sp³-hybridized carbons (Fsp3) is 0.154. The van der Waals surface area contributed by atoms with Crippen LogP contribution in [0.1, 0.15) is 23.3 Å². The van der Waals surface area contributed by atoms with E-state index in [2.05, 4.69) is 4.98 Å². The Morgan fingerprint density at radius 1 is 0.875 bits per heavy atom. The van der Waals surface area contributed by atoms with Crippen LogP contribution in [0.25, 0.3) is 11.3 Å². The van der Waals surface area contributed by atoms with Crippen molar-refractivity contribution in [2.24, 2.45) is 0 Å². The van der Waals surface area contributed by atoms with Crippen LogP contribution in [-0.4, -0.2) is 15.2 Å². The second-order valence-corrected chi connectivity index (χ2v) is 3.92. The number of fused-ring (bicyclic) bond motifs is 3. The molecule has 1 aliphatic rings. The Morgan fingerprint density at radius 2 is 1.56 bits per heavy atom. The minimum Gasteiger partial charge on any atom is -0.385 e. The molecule has 1 aromatic carbocycles. The summed E-state index contributed by atoms with van der Waals surface area (Å²) in [5.41, 5.74) is 3.08. The van der Waals surface area contributed by atoms with Gasteiger partial charge in [-0.3, -0.25) is 4.98 Å². The van der Waals surface area contributed by atoms with Gasteiger partial charge in [0.05, 0.1) is 5.69 Å². The highest BCUT2D eigenvalue weighted by Crippen LogP contribution is 2.42. The molecule has 0 spiro atoms. The van der Waals surface area contributed by atoms with Crippen LogP contribution in [0, 0.1) is 0 Å². The zero-order valence-electron chi connectivity index (χ0n) is 8.54. The normalized spacial score (nSPS) is 22.4. The highest BCUT2D eigenvalue weighted by molar-refractivity contribution is 5.70. The van der Waals surface area contributed by atoms with E-state index in [1.54, 1.807) is 18.3 Å². The van der Waals surface area contributed by atoms with E-state index in [0.29, 0.717) is 5.56 Å². The van der Waals surface area contributed by atoms with Gasteiger partial charge >= 0.3 is 0 Å². The molecule has 0 fully saturated rings. The molecule has 2 aromatic rings. The average Bonchev–Trinajstić information content (AvgIpc) is 2.36. The van der Waals surface area contributed by atoms with Gasteiger partial charge in [-0.2, -0.15) is 0 Å². The average molecular weight is 213 g/mol. The smallest absolute Gasteiger partial charge is 0.111 e. The first kappa shape index (κ1) is 9.51. The fourth-order valence-electron chi connectivity index (χ4n) is 2.19. The van der Waals surface area contributed by atoms with Crippen molar-refractivity contribution in [2.45, 2.75) is 12.2 Å². The maximum absolute atomic E-state index is 10.00. The third-order valence-corrected chi connectivity index (χ3v) is 2.99. The minimum atomic E-state index is -0.890. The number of hydrogen-bond donors (Lipinski definition) is 2. The lowest BCUT2D eigenvalue weighted by molar-refractivity contribution is 0.0155. The predicted octanol–water partition coefficient (Wildman–Crippen LogP) is 1.83. The summed E-state index contributed by atoms with van der Waals surface area (Å²) in [6, 6.07) is 11.1. The Morgan fingerprint density at radius 3 is 2.44 bits per heavy atom. The molecule has 0 aliphatic heterocycles. The van der Waals surface area contributed by atoms with E-state index < -0.39 is 12.2 Å². The summed E-state index contributed by atoms with van der Waals surface area (Å²) in [4.78, 5) is 4.27. The first-order valence-electron chi connectivity index (χ1n) is 5.19. The standard InChI is InChI=1S/C13H11NO2/c15-12-9-5-2-1-4-8(9)11-10(13(12)16)6-3-7-14-11/h1-7,12-13,15-16H/t12-,13-/m0/s1. The van der Waals surface area contributed by atoms with Gasteiger partial charge in [-0.05, 0) is 11.6 Å².